The van der Waals surface area contributed by atoms with Crippen molar-refractivity contribution in [3.8, 4) is 0 Å². The predicted octanol–water partition coefficient (Wildman–Crippen LogP) is 2.53. The lowest BCUT2D eigenvalue weighted by Gasteiger charge is -2.40. The zero-order chi connectivity index (χ0) is 20.0. The molecule has 2 aromatic rings. The highest BCUT2D eigenvalue weighted by Gasteiger charge is 2.54. The standard InChI is InChI=1S/C21H18N2O5/c1-12-8-4-7-11-15(12)22-17-13-9-5-6-10-14(13)19(24)23(22)18(21(26)28-3)16(17)20(25)27-2/h4-11,17H,1-3H3. The molecule has 0 saturated heterocycles. The Balaban J connectivity index is 2.05. The number of amides is 1. The molecule has 1 unspecified atom stereocenters. The number of fused-ring (bicyclic) bond motifs is 4. The van der Waals surface area contributed by atoms with E-state index in [1.165, 1.54) is 19.2 Å². The summed E-state index contributed by atoms with van der Waals surface area (Å²) in [4.78, 5) is 38.7. The van der Waals surface area contributed by atoms with Gasteiger partial charge in [-0.2, -0.15) is 0 Å². The van der Waals surface area contributed by atoms with Crippen LogP contribution in [0.15, 0.2) is 59.8 Å². The highest BCUT2D eigenvalue weighted by Crippen LogP contribution is 2.49. The maximum Gasteiger partial charge on any atom is 0.357 e. The van der Waals surface area contributed by atoms with Gasteiger partial charge in [-0.1, -0.05) is 36.4 Å². The summed E-state index contributed by atoms with van der Waals surface area (Å²) in [5, 5.41) is 2.89. The van der Waals surface area contributed by atoms with Crippen molar-refractivity contribution >= 4 is 23.5 Å². The molecule has 0 N–H and O–H groups in total. The van der Waals surface area contributed by atoms with Crippen molar-refractivity contribution in [2.75, 3.05) is 19.2 Å². The van der Waals surface area contributed by atoms with Crippen molar-refractivity contribution in [2.45, 2.75) is 13.0 Å². The van der Waals surface area contributed by atoms with E-state index in [0.717, 1.165) is 5.56 Å². The van der Waals surface area contributed by atoms with Crippen molar-refractivity contribution < 1.29 is 23.9 Å². The zero-order valence-corrected chi connectivity index (χ0v) is 15.6. The van der Waals surface area contributed by atoms with Gasteiger partial charge in [-0.15, -0.1) is 0 Å². The molecular weight excluding hydrogens is 360 g/mol. The molecule has 1 atom stereocenters. The van der Waals surface area contributed by atoms with Crippen LogP contribution < -0.4 is 5.01 Å². The number of carbonyl (C=O) groups excluding carboxylic acids is 3. The molecule has 0 fully saturated rings. The normalized spacial score (nSPS) is 17.5. The summed E-state index contributed by atoms with van der Waals surface area (Å²) in [7, 11) is 2.46. The molecule has 2 heterocycles. The number of aryl methyl sites for hydroxylation is 1. The minimum Gasteiger partial charge on any atom is -0.466 e. The SMILES string of the molecule is COC(=O)C1=C(C(=O)OC)N2C(=O)c3ccccc3C1N2c1ccccc1C. The number of ether oxygens (including phenoxy) is 2. The molecule has 4 rings (SSSR count). The molecule has 0 radical (unpaired) electrons. The predicted molar refractivity (Wildman–Crippen MR) is 100 cm³/mol. The Bertz CT molecular complexity index is 1040. The second-order valence-corrected chi connectivity index (χ2v) is 6.48. The number of benzene rings is 2. The van der Waals surface area contributed by atoms with Crippen LogP contribution in [-0.2, 0) is 19.1 Å². The number of methoxy groups -OCH3 is 2. The van der Waals surface area contributed by atoms with Crippen LogP contribution in [-0.4, -0.2) is 37.1 Å². The molecule has 7 heteroatoms. The molecule has 2 aliphatic rings. The number of rotatable bonds is 3. The van der Waals surface area contributed by atoms with Gasteiger partial charge in [0.05, 0.1) is 25.5 Å². The van der Waals surface area contributed by atoms with E-state index in [4.69, 9.17) is 9.47 Å². The second kappa shape index (κ2) is 6.53. The highest BCUT2D eigenvalue weighted by atomic mass is 16.5. The fourth-order valence-corrected chi connectivity index (χ4v) is 3.80. The first-order valence-electron chi connectivity index (χ1n) is 8.70. The van der Waals surface area contributed by atoms with Crippen molar-refractivity contribution in [1.29, 1.82) is 0 Å². The van der Waals surface area contributed by atoms with E-state index in [1.54, 1.807) is 29.3 Å². The van der Waals surface area contributed by atoms with Gasteiger partial charge in [-0.25, -0.2) is 14.6 Å². The van der Waals surface area contributed by atoms with E-state index in [0.29, 0.717) is 16.8 Å². The fourth-order valence-electron chi connectivity index (χ4n) is 3.80. The molecule has 7 nitrogen and oxygen atoms in total. The van der Waals surface area contributed by atoms with Gasteiger partial charge in [0.2, 0.25) is 0 Å². The van der Waals surface area contributed by atoms with Gasteiger partial charge in [-0.05, 0) is 30.2 Å². The molecule has 2 bridgehead atoms. The third-order valence-electron chi connectivity index (χ3n) is 5.02. The summed E-state index contributed by atoms with van der Waals surface area (Å²) in [5.41, 5.74) is 2.61. The smallest absolute Gasteiger partial charge is 0.357 e. The minimum absolute atomic E-state index is 0.0795. The summed E-state index contributed by atoms with van der Waals surface area (Å²) in [5.74, 6) is -1.87. The Morgan fingerprint density at radius 2 is 1.57 bits per heavy atom. The molecule has 2 aliphatic heterocycles. The van der Waals surface area contributed by atoms with Crippen LogP contribution in [0.5, 0.6) is 0 Å². The Hall–Kier alpha value is -3.61. The number of hydrogen-bond donors (Lipinski definition) is 0. The van der Waals surface area contributed by atoms with E-state index in [9.17, 15) is 14.4 Å². The van der Waals surface area contributed by atoms with Crippen LogP contribution in [0.25, 0.3) is 0 Å². The average molecular weight is 378 g/mol. The van der Waals surface area contributed by atoms with Crippen molar-refractivity contribution in [3.05, 3.63) is 76.5 Å². The first kappa shape index (κ1) is 17.8. The lowest BCUT2D eigenvalue weighted by Crippen LogP contribution is -2.49. The highest BCUT2D eigenvalue weighted by molar-refractivity contribution is 6.12. The summed E-state index contributed by atoms with van der Waals surface area (Å²) in [6.07, 6.45) is 0. The average Bonchev–Trinajstić information content (AvgIpc) is 3.02. The van der Waals surface area contributed by atoms with Crippen LogP contribution in [0.1, 0.15) is 27.5 Å². The second-order valence-electron chi connectivity index (χ2n) is 6.48. The van der Waals surface area contributed by atoms with Gasteiger partial charge in [0.25, 0.3) is 5.91 Å². The minimum atomic E-state index is -0.775. The lowest BCUT2D eigenvalue weighted by molar-refractivity contribution is -0.140. The van der Waals surface area contributed by atoms with E-state index < -0.39 is 23.9 Å². The molecule has 0 aliphatic carbocycles. The lowest BCUT2D eigenvalue weighted by atomic mass is 9.92. The van der Waals surface area contributed by atoms with Crippen LogP contribution in [0.4, 0.5) is 5.69 Å². The van der Waals surface area contributed by atoms with Crippen LogP contribution in [0.3, 0.4) is 0 Å². The molecule has 0 spiro atoms. The maximum absolute atomic E-state index is 13.3. The van der Waals surface area contributed by atoms with E-state index in [-0.39, 0.29) is 11.3 Å². The molecule has 28 heavy (non-hydrogen) atoms. The number of hydrazine groups is 1. The molecule has 142 valence electrons. The molecule has 1 amide bonds. The molecule has 0 saturated carbocycles. The van der Waals surface area contributed by atoms with Crippen LogP contribution >= 0.6 is 0 Å². The third kappa shape index (κ3) is 2.32. The maximum atomic E-state index is 13.3. The summed E-state index contributed by atoms with van der Waals surface area (Å²) in [6, 6.07) is 13.8. The number of hydrogen-bond acceptors (Lipinski definition) is 6. The largest absolute Gasteiger partial charge is 0.466 e. The van der Waals surface area contributed by atoms with Gasteiger partial charge in [0.1, 0.15) is 6.04 Å². The Labute approximate surface area is 161 Å². The van der Waals surface area contributed by atoms with Crippen LogP contribution in [0.2, 0.25) is 0 Å². The van der Waals surface area contributed by atoms with Gasteiger partial charge < -0.3 is 9.47 Å². The zero-order valence-electron chi connectivity index (χ0n) is 15.6. The van der Waals surface area contributed by atoms with E-state index in [1.807, 2.05) is 31.2 Å². The van der Waals surface area contributed by atoms with Crippen molar-refractivity contribution in [3.63, 3.8) is 0 Å². The Morgan fingerprint density at radius 3 is 2.25 bits per heavy atom. The van der Waals surface area contributed by atoms with E-state index >= 15 is 0 Å². The van der Waals surface area contributed by atoms with E-state index in [2.05, 4.69) is 0 Å². The topological polar surface area (TPSA) is 76.2 Å². The van der Waals surface area contributed by atoms with Gasteiger partial charge >= 0.3 is 11.9 Å². The first-order chi connectivity index (χ1) is 13.5. The van der Waals surface area contributed by atoms with Gasteiger partial charge in [0.15, 0.2) is 5.70 Å². The number of anilines is 1. The molecule has 0 aromatic heterocycles. The number of esters is 2. The Kier molecular flexibility index (Phi) is 4.15. The molecule has 2 aromatic carbocycles. The van der Waals surface area contributed by atoms with Crippen LogP contribution in [0, 0.1) is 6.92 Å². The quantitative estimate of drug-likeness (QED) is 0.764. The van der Waals surface area contributed by atoms with Gasteiger partial charge in [0, 0.05) is 5.56 Å². The Morgan fingerprint density at radius 1 is 0.929 bits per heavy atom. The summed E-state index contributed by atoms with van der Waals surface area (Å²) in [6.45, 7) is 1.90. The number of nitrogens with zero attached hydrogens (tertiary/aromatic N) is 2. The first-order valence-corrected chi connectivity index (χ1v) is 8.70. The van der Waals surface area contributed by atoms with Crippen molar-refractivity contribution in [1.82, 2.24) is 5.01 Å². The molecular formula is C21H18N2O5. The summed E-state index contributed by atoms with van der Waals surface area (Å²) < 4.78 is 9.87. The summed E-state index contributed by atoms with van der Waals surface area (Å²) >= 11 is 0. The van der Waals surface area contributed by atoms with Crippen molar-refractivity contribution in [2.24, 2.45) is 0 Å². The fraction of sp³-hybridized carbons (Fsp3) is 0.190. The van der Waals surface area contributed by atoms with Gasteiger partial charge in [-0.3, -0.25) is 9.80 Å². The number of para-hydroxylation sites is 1. The third-order valence-corrected chi connectivity index (χ3v) is 5.02. The monoisotopic (exact) mass is 378 g/mol. The number of carbonyl (C=O) groups is 3.